The van der Waals surface area contributed by atoms with Crippen LogP contribution in [0.3, 0.4) is 0 Å². The van der Waals surface area contributed by atoms with Crippen LogP contribution in [0.15, 0.2) is 18.2 Å². The summed E-state index contributed by atoms with van der Waals surface area (Å²) >= 11 is 0. The zero-order valence-electron chi connectivity index (χ0n) is 13.7. The number of nitrogens with one attached hydrogen (secondary N) is 1. The molecule has 138 valence electrons. The highest BCUT2D eigenvalue weighted by molar-refractivity contribution is 6.45. The normalized spacial score (nSPS) is 14.2. The van der Waals surface area contributed by atoms with Crippen LogP contribution >= 0.6 is 0 Å². The molecule has 1 fully saturated rings. The zero-order chi connectivity index (χ0) is 19.4. The van der Waals surface area contributed by atoms with E-state index in [1.54, 1.807) is 0 Å². The second-order valence-corrected chi connectivity index (χ2v) is 5.45. The molecule has 1 heterocycles. The maximum atomic E-state index is 13.1. The first-order chi connectivity index (χ1) is 12.3. The average Bonchev–Trinajstić information content (AvgIpc) is 2.78. The number of halogens is 1. The molecule has 1 saturated heterocycles. The number of nitro benzene ring substituents is 1. The van der Waals surface area contributed by atoms with E-state index in [9.17, 15) is 33.7 Å². The van der Waals surface area contributed by atoms with Crippen molar-refractivity contribution in [2.24, 2.45) is 0 Å². The number of carbonyl (C=O) groups excluding carboxylic acids is 4. The summed E-state index contributed by atoms with van der Waals surface area (Å²) in [6.07, 6.45) is 1.20. The number of rotatable bonds is 7. The van der Waals surface area contributed by atoms with Crippen molar-refractivity contribution in [3.8, 4) is 0 Å². The molecule has 10 nitrogen and oxygen atoms in total. The highest BCUT2D eigenvalue weighted by atomic mass is 19.1. The fourth-order valence-corrected chi connectivity index (χ4v) is 2.30. The van der Waals surface area contributed by atoms with E-state index in [1.165, 1.54) is 0 Å². The second kappa shape index (κ2) is 7.68. The van der Waals surface area contributed by atoms with Crippen molar-refractivity contribution >= 4 is 35.1 Å². The number of unbranched alkanes of at least 4 members (excludes halogenated alkanes) is 1. The van der Waals surface area contributed by atoms with Crippen LogP contribution in [0.25, 0.3) is 0 Å². The lowest BCUT2D eigenvalue weighted by Gasteiger charge is -2.15. The minimum Gasteiger partial charge on any atom is -0.319 e. The molecule has 2 rings (SSSR count). The quantitative estimate of drug-likeness (QED) is 0.335. The van der Waals surface area contributed by atoms with E-state index in [0.29, 0.717) is 23.8 Å². The van der Waals surface area contributed by atoms with Crippen LogP contribution in [-0.4, -0.2) is 51.6 Å². The lowest BCUT2D eigenvalue weighted by atomic mass is 10.2. The number of carbonyl (C=O) groups is 4. The third-order valence-corrected chi connectivity index (χ3v) is 3.60. The van der Waals surface area contributed by atoms with Gasteiger partial charge in [-0.2, -0.15) is 0 Å². The van der Waals surface area contributed by atoms with E-state index < -0.39 is 46.7 Å². The standard InChI is InChI=1S/C15H15FN4O6/c1-2-3-6-18-13(22)14(23)19(15(18)24)8-12(21)17-10-5-4-9(16)7-11(10)20(25)26/h4-5,7H,2-3,6,8H2,1H3,(H,17,21). The van der Waals surface area contributed by atoms with Crippen LogP contribution in [-0.2, 0) is 14.4 Å². The average molecular weight is 366 g/mol. The number of hydrogen-bond acceptors (Lipinski definition) is 6. The van der Waals surface area contributed by atoms with Gasteiger partial charge in [0.2, 0.25) is 5.91 Å². The first-order valence-electron chi connectivity index (χ1n) is 7.67. The molecule has 0 spiro atoms. The van der Waals surface area contributed by atoms with Crippen molar-refractivity contribution < 1.29 is 28.5 Å². The van der Waals surface area contributed by atoms with Gasteiger partial charge in [0.25, 0.3) is 5.69 Å². The van der Waals surface area contributed by atoms with Gasteiger partial charge in [-0.1, -0.05) is 13.3 Å². The van der Waals surface area contributed by atoms with Gasteiger partial charge < -0.3 is 5.32 Å². The molecule has 1 N–H and O–H groups in total. The minimum absolute atomic E-state index is 0.0570. The largest absolute Gasteiger partial charge is 0.334 e. The summed E-state index contributed by atoms with van der Waals surface area (Å²) in [5, 5.41) is 13.0. The summed E-state index contributed by atoms with van der Waals surface area (Å²) in [5.41, 5.74) is -0.979. The van der Waals surface area contributed by atoms with Crippen LogP contribution < -0.4 is 5.32 Å². The Morgan fingerprint density at radius 2 is 1.88 bits per heavy atom. The molecule has 11 heteroatoms. The topological polar surface area (TPSA) is 130 Å². The van der Waals surface area contributed by atoms with E-state index in [4.69, 9.17) is 0 Å². The van der Waals surface area contributed by atoms with Gasteiger partial charge in [0.1, 0.15) is 18.0 Å². The van der Waals surface area contributed by atoms with Crippen LogP contribution in [0.2, 0.25) is 0 Å². The molecule has 0 bridgehead atoms. The van der Waals surface area contributed by atoms with Crippen LogP contribution in [0.1, 0.15) is 19.8 Å². The smallest absolute Gasteiger partial charge is 0.319 e. The van der Waals surface area contributed by atoms with Gasteiger partial charge in [-0.05, 0) is 18.6 Å². The molecule has 0 aliphatic carbocycles. The molecule has 5 amide bonds. The van der Waals surface area contributed by atoms with Gasteiger partial charge in [0.15, 0.2) is 0 Å². The van der Waals surface area contributed by atoms with Gasteiger partial charge in [-0.15, -0.1) is 0 Å². The van der Waals surface area contributed by atoms with Crippen molar-refractivity contribution in [2.75, 3.05) is 18.4 Å². The van der Waals surface area contributed by atoms with E-state index >= 15 is 0 Å². The summed E-state index contributed by atoms with van der Waals surface area (Å²) in [6, 6.07) is 1.59. The molecular formula is C15H15FN4O6. The summed E-state index contributed by atoms with van der Waals surface area (Å²) in [4.78, 5) is 59.1. The molecular weight excluding hydrogens is 351 g/mol. The van der Waals surface area contributed by atoms with E-state index in [1.807, 2.05) is 6.92 Å². The third kappa shape index (κ3) is 3.82. The Hall–Kier alpha value is -3.37. The SMILES string of the molecule is CCCCN1C(=O)C(=O)N(CC(=O)Nc2ccc(F)cc2[N+](=O)[O-])C1=O. The molecule has 0 radical (unpaired) electrons. The van der Waals surface area contributed by atoms with E-state index in [0.717, 1.165) is 17.0 Å². The van der Waals surface area contributed by atoms with Crippen molar-refractivity contribution in [3.63, 3.8) is 0 Å². The highest BCUT2D eigenvalue weighted by Gasteiger charge is 2.44. The minimum atomic E-state index is -1.14. The number of urea groups is 1. The first-order valence-corrected chi connectivity index (χ1v) is 7.67. The van der Waals surface area contributed by atoms with Gasteiger partial charge in [0, 0.05) is 6.54 Å². The lowest BCUT2D eigenvalue weighted by Crippen LogP contribution is -2.39. The van der Waals surface area contributed by atoms with Crippen LogP contribution in [0, 0.1) is 15.9 Å². The van der Waals surface area contributed by atoms with Gasteiger partial charge in [-0.25, -0.2) is 14.1 Å². The Bertz CT molecular complexity index is 796. The highest BCUT2D eigenvalue weighted by Crippen LogP contribution is 2.25. The maximum absolute atomic E-state index is 13.1. The number of amides is 5. The Kier molecular flexibility index (Phi) is 5.60. The summed E-state index contributed by atoms with van der Waals surface area (Å²) < 4.78 is 13.1. The lowest BCUT2D eigenvalue weighted by molar-refractivity contribution is -0.384. The Morgan fingerprint density at radius 3 is 2.50 bits per heavy atom. The van der Waals surface area contributed by atoms with Crippen LogP contribution in [0.4, 0.5) is 20.6 Å². The molecule has 0 unspecified atom stereocenters. The summed E-state index contributed by atoms with van der Waals surface area (Å²) in [5.74, 6) is -3.97. The molecule has 26 heavy (non-hydrogen) atoms. The van der Waals surface area contributed by atoms with Gasteiger partial charge in [-0.3, -0.25) is 29.4 Å². The molecule has 0 aromatic heterocycles. The maximum Gasteiger partial charge on any atom is 0.334 e. The molecule has 1 aliphatic heterocycles. The Labute approximate surface area is 146 Å². The number of hydrogen-bond donors (Lipinski definition) is 1. The Morgan fingerprint density at radius 1 is 1.23 bits per heavy atom. The van der Waals surface area contributed by atoms with Crippen molar-refractivity contribution in [1.82, 2.24) is 9.80 Å². The predicted octanol–water partition coefficient (Wildman–Crippen LogP) is 1.26. The molecule has 1 aromatic carbocycles. The molecule has 1 aromatic rings. The number of nitrogens with zero attached hydrogens (tertiary/aromatic N) is 3. The van der Waals surface area contributed by atoms with E-state index in [-0.39, 0.29) is 12.2 Å². The zero-order valence-corrected chi connectivity index (χ0v) is 13.7. The first kappa shape index (κ1) is 19.0. The number of nitro groups is 1. The fraction of sp³-hybridized carbons (Fsp3) is 0.333. The monoisotopic (exact) mass is 366 g/mol. The number of imide groups is 2. The molecule has 1 aliphatic rings. The molecule has 0 atom stereocenters. The Balaban J connectivity index is 2.11. The van der Waals surface area contributed by atoms with Crippen molar-refractivity contribution in [1.29, 1.82) is 0 Å². The summed E-state index contributed by atoms with van der Waals surface area (Å²) in [6.45, 7) is 1.11. The van der Waals surface area contributed by atoms with Crippen molar-refractivity contribution in [2.45, 2.75) is 19.8 Å². The predicted molar refractivity (Wildman–Crippen MR) is 85.4 cm³/mol. The van der Waals surface area contributed by atoms with Crippen LogP contribution in [0.5, 0.6) is 0 Å². The number of benzene rings is 1. The second-order valence-electron chi connectivity index (χ2n) is 5.45. The van der Waals surface area contributed by atoms with E-state index in [2.05, 4.69) is 5.32 Å². The van der Waals surface area contributed by atoms with Gasteiger partial charge in [0.05, 0.1) is 11.0 Å². The van der Waals surface area contributed by atoms with Crippen molar-refractivity contribution in [3.05, 3.63) is 34.1 Å². The number of anilines is 1. The van der Waals surface area contributed by atoms with Gasteiger partial charge >= 0.3 is 17.8 Å². The third-order valence-electron chi connectivity index (χ3n) is 3.60. The molecule has 0 saturated carbocycles. The fourth-order valence-electron chi connectivity index (χ4n) is 2.30. The summed E-state index contributed by atoms with van der Waals surface area (Å²) in [7, 11) is 0.